The number of ether oxygens (including phenoxy) is 1. The normalized spacial score (nSPS) is 10.4. The van der Waals surface area contributed by atoms with Gasteiger partial charge in [-0.3, -0.25) is 9.78 Å². The van der Waals surface area contributed by atoms with Crippen molar-refractivity contribution in [3.05, 3.63) is 77.6 Å². The Morgan fingerprint density at radius 1 is 1.07 bits per heavy atom. The van der Waals surface area contributed by atoms with Crippen molar-refractivity contribution in [2.45, 2.75) is 6.92 Å². The highest BCUT2D eigenvalue weighted by Crippen LogP contribution is 2.27. The second kappa shape index (κ2) is 7.82. The summed E-state index contributed by atoms with van der Waals surface area (Å²) in [6.07, 6.45) is 2.73. The fraction of sp³-hybridized carbons (Fsp3) is 0.100. The Hall–Kier alpha value is -3.48. The molecule has 0 spiro atoms. The summed E-state index contributed by atoms with van der Waals surface area (Å²) in [6.45, 7) is 1.89. The summed E-state index contributed by atoms with van der Waals surface area (Å²) in [5.74, 6) is -1.39. The molecule has 1 aromatic heterocycles. The Labute approximate surface area is 155 Å². The van der Waals surface area contributed by atoms with Gasteiger partial charge in [0.25, 0.3) is 5.91 Å². The molecule has 2 N–H and O–H groups in total. The van der Waals surface area contributed by atoms with E-state index < -0.39 is 17.5 Å². The van der Waals surface area contributed by atoms with Gasteiger partial charge in [0.2, 0.25) is 0 Å². The van der Waals surface area contributed by atoms with Crippen LogP contribution in [0.2, 0.25) is 0 Å². The molecule has 0 aliphatic rings. The van der Waals surface area contributed by atoms with Gasteiger partial charge in [0.1, 0.15) is 23.1 Å². The number of amides is 1. The van der Waals surface area contributed by atoms with Crippen molar-refractivity contribution in [2.75, 3.05) is 17.7 Å². The van der Waals surface area contributed by atoms with Gasteiger partial charge in [0, 0.05) is 6.20 Å². The average Bonchev–Trinajstić information content (AvgIpc) is 2.65. The maximum Gasteiger partial charge on any atom is 0.257 e. The monoisotopic (exact) mass is 369 g/mol. The molecule has 1 amide bonds. The number of carbonyl (C=O) groups excluding carboxylic acids is 1. The summed E-state index contributed by atoms with van der Waals surface area (Å²) in [6, 6.07) is 10.4. The number of anilines is 3. The molecular weight excluding hydrogens is 352 g/mol. The van der Waals surface area contributed by atoms with E-state index in [2.05, 4.69) is 15.6 Å². The number of benzene rings is 2. The summed E-state index contributed by atoms with van der Waals surface area (Å²) >= 11 is 0. The maximum absolute atomic E-state index is 13.8. The van der Waals surface area contributed by atoms with E-state index >= 15 is 0 Å². The van der Waals surface area contributed by atoms with Crippen LogP contribution in [-0.4, -0.2) is 18.0 Å². The number of aromatic nitrogens is 1. The first-order valence-corrected chi connectivity index (χ1v) is 8.10. The van der Waals surface area contributed by atoms with E-state index in [0.29, 0.717) is 11.4 Å². The number of rotatable bonds is 5. The summed E-state index contributed by atoms with van der Waals surface area (Å²) < 4.78 is 32.8. The van der Waals surface area contributed by atoms with Crippen molar-refractivity contribution >= 4 is 23.0 Å². The molecule has 3 aromatic rings. The number of carbonyl (C=O) groups is 1. The van der Waals surface area contributed by atoms with Crippen LogP contribution in [0, 0.1) is 18.6 Å². The van der Waals surface area contributed by atoms with Gasteiger partial charge in [-0.25, -0.2) is 8.78 Å². The van der Waals surface area contributed by atoms with Gasteiger partial charge in [-0.1, -0.05) is 12.1 Å². The molecule has 1 heterocycles. The Morgan fingerprint density at radius 3 is 2.52 bits per heavy atom. The highest BCUT2D eigenvalue weighted by Gasteiger charge is 2.13. The molecule has 5 nitrogen and oxygen atoms in total. The molecule has 7 heteroatoms. The molecule has 0 fully saturated rings. The smallest absolute Gasteiger partial charge is 0.257 e. The van der Waals surface area contributed by atoms with Crippen LogP contribution in [0.1, 0.15) is 15.9 Å². The standard InChI is InChI=1S/C20H17F2N3O2/c1-12-6-7-18(27-2)17(8-12)25-20(26)13-9-14(11-23-10-13)24-19-15(21)4-3-5-16(19)22/h3-11,24H,1-2H3,(H,25,26). The zero-order valence-electron chi connectivity index (χ0n) is 14.7. The van der Waals surface area contributed by atoms with Crippen molar-refractivity contribution in [3.8, 4) is 5.75 Å². The molecular formula is C20H17F2N3O2. The predicted octanol–water partition coefficient (Wildman–Crippen LogP) is 4.67. The van der Waals surface area contributed by atoms with Crippen LogP contribution in [0.3, 0.4) is 0 Å². The van der Waals surface area contributed by atoms with Crippen LogP contribution in [0.5, 0.6) is 5.75 Å². The minimum Gasteiger partial charge on any atom is -0.495 e. The van der Waals surface area contributed by atoms with Gasteiger partial charge in [0.15, 0.2) is 0 Å². The van der Waals surface area contributed by atoms with E-state index in [0.717, 1.165) is 17.7 Å². The molecule has 27 heavy (non-hydrogen) atoms. The fourth-order valence-electron chi connectivity index (χ4n) is 2.51. The topological polar surface area (TPSA) is 63.2 Å². The van der Waals surface area contributed by atoms with E-state index in [-0.39, 0.29) is 16.9 Å². The number of methoxy groups -OCH3 is 1. The fourth-order valence-corrected chi connectivity index (χ4v) is 2.51. The van der Waals surface area contributed by atoms with E-state index in [4.69, 9.17) is 4.74 Å². The minimum atomic E-state index is -0.741. The van der Waals surface area contributed by atoms with E-state index in [1.54, 1.807) is 12.1 Å². The van der Waals surface area contributed by atoms with Crippen LogP contribution in [-0.2, 0) is 0 Å². The van der Waals surface area contributed by atoms with Crippen LogP contribution in [0.15, 0.2) is 54.9 Å². The lowest BCUT2D eigenvalue weighted by Gasteiger charge is -2.12. The van der Waals surface area contributed by atoms with E-state index in [1.165, 1.54) is 31.6 Å². The lowest BCUT2D eigenvalue weighted by molar-refractivity contribution is 0.102. The zero-order valence-corrected chi connectivity index (χ0v) is 14.7. The molecule has 0 atom stereocenters. The molecule has 2 aromatic carbocycles. The van der Waals surface area contributed by atoms with Crippen LogP contribution >= 0.6 is 0 Å². The maximum atomic E-state index is 13.8. The van der Waals surface area contributed by atoms with Gasteiger partial charge in [-0.05, 0) is 42.8 Å². The van der Waals surface area contributed by atoms with Gasteiger partial charge in [-0.2, -0.15) is 0 Å². The van der Waals surface area contributed by atoms with Crippen LogP contribution in [0.4, 0.5) is 25.8 Å². The van der Waals surface area contributed by atoms with Gasteiger partial charge < -0.3 is 15.4 Å². The number of pyridine rings is 1. The Kier molecular flexibility index (Phi) is 5.30. The average molecular weight is 369 g/mol. The number of hydrogen-bond donors (Lipinski definition) is 2. The lowest BCUT2D eigenvalue weighted by Crippen LogP contribution is -2.13. The molecule has 0 saturated heterocycles. The van der Waals surface area contributed by atoms with Gasteiger partial charge in [-0.15, -0.1) is 0 Å². The summed E-state index contributed by atoms with van der Waals surface area (Å²) in [7, 11) is 1.51. The molecule has 0 aliphatic heterocycles. The summed E-state index contributed by atoms with van der Waals surface area (Å²) in [5.41, 5.74) is 1.66. The minimum absolute atomic E-state index is 0.223. The van der Waals surface area contributed by atoms with Gasteiger partial charge in [0.05, 0.1) is 30.2 Å². The van der Waals surface area contributed by atoms with Crippen molar-refractivity contribution in [1.29, 1.82) is 0 Å². The highest BCUT2D eigenvalue weighted by atomic mass is 19.1. The third-order valence-electron chi connectivity index (χ3n) is 3.84. The lowest BCUT2D eigenvalue weighted by atomic mass is 10.2. The van der Waals surface area contributed by atoms with Crippen molar-refractivity contribution in [2.24, 2.45) is 0 Å². The van der Waals surface area contributed by atoms with Crippen molar-refractivity contribution in [1.82, 2.24) is 4.98 Å². The quantitative estimate of drug-likeness (QED) is 0.686. The molecule has 3 rings (SSSR count). The zero-order chi connectivity index (χ0) is 19.4. The largest absolute Gasteiger partial charge is 0.495 e. The summed E-state index contributed by atoms with van der Waals surface area (Å²) in [4.78, 5) is 16.5. The van der Waals surface area contributed by atoms with Crippen molar-refractivity contribution < 1.29 is 18.3 Å². The first-order valence-electron chi connectivity index (χ1n) is 8.10. The molecule has 0 bridgehead atoms. The number of halogens is 2. The Morgan fingerprint density at radius 2 is 1.81 bits per heavy atom. The van der Waals surface area contributed by atoms with E-state index in [9.17, 15) is 13.6 Å². The number of nitrogens with zero attached hydrogens (tertiary/aromatic N) is 1. The molecule has 0 saturated carbocycles. The first kappa shape index (κ1) is 18.3. The third-order valence-corrected chi connectivity index (χ3v) is 3.84. The van der Waals surface area contributed by atoms with Crippen LogP contribution in [0.25, 0.3) is 0 Å². The molecule has 0 radical (unpaired) electrons. The van der Waals surface area contributed by atoms with Crippen LogP contribution < -0.4 is 15.4 Å². The third kappa shape index (κ3) is 4.20. The Balaban J connectivity index is 1.83. The summed E-state index contributed by atoms with van der Waals surface area (Å²) in [5, 5.41) is 5.37. The number of nitrogens with one attached hydrogen (secondary N) is 2. The van der Waals surface area contributed by atoms with Gasteiger partial charge >= 0.3 is 0 Å². The predicted molar refractivity (Wildman–Crippen MR) is 99.6 cm³/mol. The molecule has 0 unspecified atom stereocenters. The Bertz CT molecular complexity index is 972. The SMILES string of the molecule is COc1ccc(C)cc1NC(=O)c1cncc(Nc2c(F)cccc2F)c1. The molecule has 0 aliphatic carbocycles. The second-order valence-electron chi connectivity index (χ2n) is 5.84. The van der Waals surface area contributed by atoms with Crippen molar-refractivity contribution in [3.63, 3.8) is 0 Å². The number of hydrogen-bond acceptors (Lipinski definition) is 4. The number of aryl methyl sites for hydroxylation is 1. The number of para-hydroxylation sites is 1. The first-order chi connectivity index (χ1) is 13.0. The van der Waals surface area contributed by atoms with E-state index in [1.807, 2.05) is 13.0 Å². The molecule has 138 valence electrons. The second-order valence-corrected chi connectivity index (χ2v) is 5.84. The highest BCUT2D eigenvalue weighted by molar-refractivity contribution is 6.05.